The minimum absolute atomic E-state index is 0.321. The van der Waals surface area contributed by atoms with Gasteiger partial charge in [0.2, 0.25) is 0 Å². The maximum absolute atomic E-state index is 11.1. The zero-order valence-corrected chi connectivity index (χ0v) is 11.1. The van der Waals surface area contributed by atoms with Crippen molar-refractivity contribution in [3.8, 4) is 0 Å². The van der Waals surface area contributed by atoms with Crippen LogP contribution in [0.5, 0.6) is 0 Å². The average molecular weight is 262 g/mol. The van der Waals surface area contributed by atoms with Crippen molar-refractivity contribution in [2.45, 2.75) is 6.92 Å². The van der Waals surface area contributed by atoms with E-state index in [1.54, 1.807) is 12.1 Å². The fourth-order valence-electron chi connectivity index (χ4n) is 2.58. The molecule has 3 aromatic carbocycles. The fraction of sp³-hybridized carbons (Fsp3) is 0.0556. The molecule has 3 aromatic rings. The molecular formula is C18H14O2. The summed E-state index contributed by atoms with van der Waals surface area (Å²) >= 11 is 0. The minimum atomic E-state index is -0.895. The summed E-state index contributed by atoms with van der Waals surface area (Å²) in [4.78, 5) is 11.1. The molecule has 0 radical (unpaired) electrons. The number of hydrogen-bond acceptors (Lipinski definition) is 1. The number of hydrogen-bond donors (Lipinski definition) is 1. The zero-order valence-electron chi connectivity index (χ0n) is 11.1. The van der Waals surface area contributed by atoms with Gasteiger partial charge < -0.3 is 5.11 Å². The summed E-state index contributed by atoms with van der Waals surface area (Å²) in [5.74, 6) is -0.895. The third-order valence-corrected chi connectivity index (χ3v) is 3.49. The summed E-state index contributed by atoms with van der Waals surface area (Å²) < 4.78 is 0. The highest BCUT2D eigenvalue weighted by molar-refractivity contribution is 6.12. The predicted molar refractivity (Wildman–Crippen MR) is 83.1 cm³/mol. The van der Waals surface area contributed by atoms with Gasteiger partial charge in [-0.15, -0.1) is 0 Å². The number of rotatable bonds is 2. The Balaban J connectivity index is 2.46. The Labute approximate surface area is 117 Å². The van der Waals surface area contributed by atoms with E-state index in [9.17, 15) is 4.79 Å². The molecule has 98 valence electrons. The van der Waals surface area contributed by atoms with Gasteiger partial charge in [0.15, 0.2) is 0 Å². The summed E-state index contributed by atoms with van der Waals surface area (Å²) in [5.41, 5.74) is 1.47. The number of carbonyl (C=O) groups is 1. The van der Waals surface area contributed by atoms with E-state index in [2.05, 4.69) is 18.2 Å². The topological polar surface area (TPSA) is 37.3 Å². The quantitative estimate of drug-likeness (QED) is 0.678. The largest absolute Gasteiger partial charge is 0.478 e. The predicted octanol–water partition coefficient (Wildman–Crippen LogP) is 4.72. The molecule has 2 heteroatoms. The van der Waals surface area contributed by atoms with Crippen LogP contribution in [0.1, 0.15) is 22.8 Å². The first-order valence-electron chi connectivity index (χ1n) is 6.52. The highest BCUT2D eigenvalue weighted by Gasteiger charge is 2.08. The van der Waals surface area contributed by atoms with Gasteiger partial charge in [0, 0.05) is 0 Å². The third kappa shape index (κ3) is 1.95. The number of carboxylic acids is 1. The van der Waals surface area contributed by atoms with Gasteiger partial charge in [0.25, 0.3) is 0 Å². The second-order valence-electron chi connectivity index (χ2n) is 4.75. The van der Waals surface area contributed by atoms with Crippen LogP contribution in [0, 0.1) is 0 Å². The molecule has 0 saturated carbocycles. The van der Waals surface area contributed by atoms with Crippen LogP contribution in [0.3, 0.4) is 0 Å². The smallest absolute Gasteiger partial charge is 0.335 e. The SMILES string of the molecule is C/C=C/c1cc2ccc(C(=O)O)cc2c2ccccc12. The molecule has 0 bridgehead atoms. The lowest BCUT2D eigenvalue weighted by Crippen LogP contribution is -1.95. The Hall–Kier alpha value is -2.61. The van der Waals surface area contributed by atoms with Crippen LogP contribution < -0.4 is 0 Å². The summed E-state index contributed by atoms with van der Waals surface area (Å²) in [6.07, 6.45) is 4.09. The van der Waals surface area contributed by atoms with Gasteiger partial charge in [-0.05, 0) is 52.2 Å². The lowest BCUT2D eigenvalue weighted by atomic mass is 9.96. The van der Waals surface area contributed by atoms with Crippen LogP contribution in [0.15, 0.2) is 54.6 Å². The first kappa shape index (κ1) is 12.4. The van der Waals surface area contributed by atoms with Crippen molar-refractivity contribution in [3.63, 3.8) is 0 Å². The second kappa shape index (κ2) is 4.82. The molecule has 1 N–H and O–H groups in total. The zero-order chi connectivity index (χ0) is 14.1. The molecule has 0 spiro atoms. The highest BCUT2D eigenvalue weighted by atomic mass is 16.4. The van der Waals surface area contributed by atoms with E-state index in [-0.39, 0.29) is 0 Å². The first-order valence-corrected chi connectivity index (χ1v) is 6.52. The second-order valence-corrected chi connectivity index (χ2v) is 4.75. The molecule has 2 nitrogen and oxygen atoms in total. The van der Waals surface area contributed by atoms with Crippen LogP contribution in [0.25, 0.3) is 27.6 Å². The number of carboxylic acid groups (broad SMARTS) is 1. The first-order chi connectivity index (χ1) is 9.70. The van der Waals surface area contributed by atoms with Gasteiger partial charge in [-0.25, -0.2) is 4.79 Å². The van der Waals surface area contributed by atoms with E-state index in [0.717, 1.165) is 27.1 Å². The van der Waals surface area contributed by atoms with Crippen molar-refractivity contribution in [3.05, 3.63) is 65.7 Å². The monoisotopic (exact) mass is 262 g/mol. The van der Waals surface area contributed by atoms with Gasteiger partial charge in [-0.2, -0.15) is 0 Å². The van der Waals surface area contributed by atoms with Gasteiger partial charge in [-0.3, -0.25) is 0 Å². The Kier molecular flexibility index (Phi) is 2.99. The van der Waals surface area contributed by atoms with Crippen LogP contribution >= 0.6 is 0 Å². The summed E-state index contributed by atoms with van der Waals surface area (Å²) in [6, 6.07) is 15.5. The number of aromatic carboxylic acids is 1. The van der Waals surface area contributed by atoms with E-state index in [0.29, 0.717) is 5.56 Å². The molecule has 0 heterocycles. The standard InChI is InChI=1S/C18H14O2/c1-2-5-12-10-13-8-9-14(18(19)20)11-17(13)16-7-4-3-6-15(12)16/h2-11H,1H3,(H,19,20)/b5-2+. The molecule has 0 aliphatic heterocycles. The van der Waals surface area contributed by atoms with E-state index < -0.39 is 5.97 Å². The van der Waals surface area contributed by atoms with Crippen molar-refractivity contribution in [1.29, 1.82) is 0 Å². The Bertz CT molecular complexity index is 845. The van der Waals surface area contributed by atoms with E-state index >= 15 is 0 Å². The van der Waals surface area contributed by atoms with E-state index in [1.807, 2.05) is 37.3 Å². The summed E-state index contributed by atoms with van der Waals surface area (Å²) in [6.45, 7) is 1.99. The molecule has 0 aromatic heterocycles. The van der Waals surface area contributed by atoms with Gasteiger partial charge in [0.1, 0.15) is 0 Å². The molecule has 0 saturated heterocycles. The maximum Gasteiger partial charge on any atom is 0.335 e. The third-order valence-electron chi connectivity index (χ3n) is 3.49. The number of benzene rings is 3. The van der Waals surface area contributed by atoms with Crippen molar-refractivity contribution in [1.82, 2.24) is 0 Å². The molecule has 0 unspecified atom stereocenters. The van der Waals surface area contributed by atoms with Crippen molar-refractivity contribution in [2.24, 2.45) is 0 Å². The van der Waals surface area contributed by atoms with Crippen molar-refractivity contribution >= 4 is 33.6 Å². The lowest BCUT2D eigenvalue weighted by Gasteiger charge is -2.08. The number of fused-ring (bicyclic) bond motifs is 3. The maximum atomic E-state index is 11.1. The molecule has 0 amide bonds. The molecule has 20 heavy (non-hydrogen) atoms. The molecule has 0 fully saturated rings. The molecule has 0 aliphatic rings. The van der Waals surface area contributed by atoms with Gasteiger partial charge in [-0.1, -0.05) is 42.5 Å². The van der Waals surface area contributed by atoms with Crippen LogP contribution in [-0.4, -0.2) is 11.1 Å². The molecular weight excluding hydrogens is 248 g/mol. The highest BCUT2D eigenvalue weighted by Crippen LogP contribution is 2.30. The van der Waals surface area contributed by atoms with Crippen LogP contribution in [0.2, 0.25) is 0 Å². The van der Waals surface area contributed by atoms with Gasteiger partial charge >= 0.3 is 5.97 Å². The molecule has 0 atom stereocenters. The Morgan fingerprint density at radius 1 is 1.00 bits per heavy atom. The Morgan fingerprint density at radius 3 is 2.45 bits per heavy atom. The molecule has 0 aliphatic carbocycles. The normalized spacial score (nSPS) is 11.4. The van der Waals surface area contributed by atoms with Crippen molar-refractivity contribution in [2.75, 3.05) is 0 Å². The van der Waals surface area contributed by atoms with E-state index in [4.69, 9.17) is 5.11 Å². The minimum Gasteiger partial charge on any atom is -0.478 e. The van der Waals surface area contributed by atoms with E-state index in [1.165, 1.54) is 0 Å². The van der Waals surface area contributed by atoms with Gasteiger partial charge in [0.05, 0.1) is 5.56 Å². The summed E-state index contributed by atoms with van der Waals surface area (Å²) in [7, 11) is 0. The lowest BCUT2D eigenvalue weighted by molar-refractivity contribution is 0.0697. The summed E-state index contributed by atoms with van der Waals surface area (Å²) in [5, 5.41) is 13.4. The molecule has 3 rings (SSSR count). The van der Waals surface area contributed by atoms with Crippen LogP contribution in [-0.2, 0) is 0 Å². The van der Waals surface area contributed by atoms with Crippen molar-refractivity contribution < 1.29 is 9.90 Å². The van der Waals surface area contributed by atoms with Crippen LogP contribution in [0.4, 0.5) is 0 Å². The number of allylic oxidation sites excluding steroid dienone is 1. The Morgan fingerprint density at radius 2 is 1.75 bits per heavy atom. The average Bonchev–Trinajstić information content (AvgIpc) is 2.47. The fourth-order valence-corrected chi connectivity index (χ4v) is 2.58.